The first kappa shape index (κ1) is 11.7. The second-order valence-corrected chi connectivity index (χ2v) is 3.68. The van der Waals surface area contributed by atoms with E-state index < -0.39 is 12.1 Å². The third-order valence-electron chi connectivity index (χ3n) is 2.32. The third kappa shape index (κ3) is 2.34. The summed E-state index contributed by atoms with van der Waals surface area (Å²) in [4.78, 5) is 10.7. The molecule has 0 aliphatic carbocycles. The highest BCUT2D eigenvalue weighted by Crippen LogP contribution is 2.29. The number of aldehydes is 1. The number of benzene rings is 1. The number of aryl methyl sites for hydroxylation is 1. The molecule has 0 aliphatic heterocycles. The second-order valence-electron chi connectivity index (χ2n) is 3.68. The van der Waals surface area contributed by atoms with Gasteiger partial charge in [0.2, 0.25) is 0 Å². The number of aliphatic hydroxyl groups excluding tert-OH is 1. The molecule has 15 heavy (non-hydrogen) atoms. The Bertz CT molecular complexity index is 374. The number of hydrogen-bond donors (Lipinski definition) is 3. The lowest BCUT2D eigenvalue weighted by molar-refractivity contribution is 0.111. The van der Waals surface area contributed by atoms with E-state index in [1.807, 2.05) is 0 Å². The minimum Gasteiger partial charge on any atom is -0.507 e. The fourth-order valence-corrected chi connectivity index (χ4v) is 1.44. The highest BCUT2D eigenvalue weighted by Gasteiger charge is 2.18. The van der Waals surface area contributed by atoms with Crippen LogP contribution in [0.2, 0.25) is 0 Å². The van der Waals surface area contributed by atoms with Gasteiger partial charge in [-0.1, -0.05) is 6.07 Å². The summed E-state index contributed by atoms with van der Waals surface area (Å²) in [6.07, 6.45) is -0.210. The average Bonchev–Trinajstić information content (AvgIpc) is 2.19. The number of aromatic hydroxyl groups is 1. The molecule has 0 saturated carbocycles. The molecular formula is C11H15NO3. The van der Waals surface area contributed by atoms with Crippen molar-refractivity contribution in [1.82, 2.24) is 0 Å². The fraction of sp³-hybridized carbons (Fsp3) is 0.364. The Kier molecular flexibility index (Phi) is 3.44. The summed E-state index contributed by atoms with van der Waals surface area (Å²) in [5.41, 5.74) is 7.12. The van der Waals surface area contributed by atoms with E-state index in [-0.39, 0.29) is 11.3 Å². The molecule has 0 amide bonds. The SMILES string of the molecule is Cc1cc(C=O)c(O)c([C@H](N)[C@@H](C)O)c1. The van der Waals surface area contributed by atoms with Crippen molar-refractivity contribution in [3.8, 4) is 5.75 Å². The van der Waals surface area contributed by atoms with Gasteiger partial charge in [-0.15, -0.1) is 0 Å². The lowest BCUT2D eigenvalue weighted by atomic mass is 9.97. The summed E-state index contributed by atoms with van der Waals surface area (Å²) in [6.45, 7) is 3.33. The van der Waals surface area contributed by atoms with Gasteiger partial charge in [0.25, 0.3) is 0 Å². The lowest BCUT2D eigenvalue weighted by Gasteiger charge is -2.17. The monoisotopic (exact) mass is 209 g/mol. The minimum absolute atomic E-state index is 0.149. The molecule has 0 radical (unpaired) electrons. The van der Waals surface area contributed by atoms with E-state index in [2.05, 4.69) is 0 Å². The van der Waals surface area contributed by atoms with Crippen molar-refractivity contribution in [2.45, 2.75) is 26.0 Å². The Morgan fingerprint density at radius 3 is 2.53 bits per heavy atom. The molecule has 82 valence electrons. The van der Waals surface area contributed by atoms with Crippen LogP contribution in [0.15, 0.2) is 12.1 Å². The van der Waals surface area contributed by atoms with Gasteiger partial charge in [0, 0.05) is 5.56 Å². The van der Waals surface area contributed by atoms with Gasteiger partial charge in [-0.05, 0) is 25.5 Å². The van der Waals surface area contributed by atoms with Gasteiger partial charge in [0.15, 0.2) is 6.29 Å². The van der Waals surface area contributed by atoms with Gasteiger partial charge >= 0.3 is 0 Å². The van der Waals surface area contributed by atoms with Crippen molar-refractivity contribution in [2.24, 2.45) is 5.73 Å². The highest BCUT2D eigenvalue weighted by molar-refractivity contribution is 5.80. The maximum Gasteiger partial charge on any atom is 0.153 e. The molecule has 0 saturated heterocycles. The average molecular weight is 209 g/mol. The molecule has 2 atom stereocenters. The molecule has 1 aromatic carbocycles. The number of nitrogens with two attached hydrogens (primary N) is 1. The molecule has 1 aromatic rings. The van der Waals surface area contributed by atoms with Crippen molar-refractivity contribution in [3.05, 3.63) is 28.8 Å². The molecule has 4 nitrogen and oxygen atoms in total. The predicted molar refractivity (Wildman–Crippen MR) is 56.8 cm³/mol. The number of hydrogen-bond acceptors (Lipinski definition) is 4. The molecule has 0 heterocycles. The van der Waals surface area contributed by atoms with Crippen LogP contribution in [-0.2, 0) is 0 Å². The van der Waals surface area contributed by atoms with Crippen LogP contribution < -0.4 is 5.73 Å². The number of carbonyl (C=O) groups is 1. The lowest BCUT2D eigenvalue weighted by Crippen LogP contribution is -2.23. The van der Waals surface area contributed by atoms with E-state index in [9.17, 15) is 15.0 Å². The summed E-state index contributed by atoms with van der Waals surface area (Å²) in [5, 5.41) is 19.0. The molecule has 1 rings (SSSR count). The number of carbonyl (C=O) groups excluding carboxylic acids is 1. The van der Waals surface area contributed by atoms with Crippen LogP contribution in [0.4, 0.5) is 0 Å². The smallest absolute Gasteiger partial charge is 0.153 e. The van der Waals surface area contributed by atoms with Crippen LogP contribution in [0.25, 0.3) is 0 Å². The largest absolute Gasteiger partial charge is 0.507 e. The standard InChI is InChI=1S/C11H15NO3/c1-6-3-8(5-13)11(15)9(4-6)10(12)7(2)14/h3-5,7,10,14-15H,12H2,1-2H3/t7-,10-/m1/s1. The summed E-state index contributed by atoms with van der Waals surface area (Å²) >= 11 is 0. The topological polar surface area (TPSA) is 83.5 Å². The van der Waals surface area contributed by atoms with Gasteiger partial charge in [0.1, 0.15) is 5.75 Å². The van der Waals surface area contributed by atoms with Gasteiger partial charge in [-0.25, -0.2) is 0 Å². The van der Waals surface area contributed by atoms with Crippen LogP contribution in [0.1, 0.15) is 34.5 Å². The van der Waals surface area contributed by atoms with Crippen molar-refractivity contribution in [2.75, 3.05) is 0 Å². The van der Waals surface area contributed by atoms with Crippen LogP contribution in [0, 0.1) is 6.92 Å². The first-order valence-electron chi connectivity index (χ1n) is 4.69. The van der Waals surface area contributed by atoms with E-state index in [1.165, 1.54) is 6.92 Å². The van der Waals surface area contributed by atoms with E-state index in [0.29, 0.717) is 11.8 Å². The second kappa shape index (κ2) is 4.42. The zero-order valence-corrected chi connectivity index (χ0v) is 8.77. The Hall–Kier alpha value is -1.39. The van der Waals surface area contributed by atoms with Crippen LogP contribution in [0.5, 0.6) is 5.75 Å². The zero-order chi connectivity index (χ0) is 11.6. The van der Waals surface area contributed by atoms with Crippen molar-refractivity contribution < 1.29 is 15.0 Å². The van der Waals surface area contributed by atoms with Gasteiger partial charge in [-0.3, -0.25) is 4.79 Å². The number of phenols is 1. The Morgan fingerprint density at radius 2 is 2.07 bits per heavy atom. The molecule has 0 bridgehead atoms. The minimum atomic E-state index is -0.780. The summed E-state index contributed by atoms with van der Waals surface area (Å²) in [7, 11) is 0. The molecule has 4 N–H and O–H groups in total. The molecule has 4 heteroatoms. The van der Waals surface area contributed by atoms with Crippen LogP contribution in [0.3, 0.4) is 0 Å². The predicted octanol–water partition coefficient (Wildman–Crippen LogP) is 0.894. The van der Waals surface area contributed by atoms with Crippen molar-refractivity contribution in [3.63, 3.8) is 0 Å². The molecule has 0 aliphatic rings. The number of aliphatic hydroxyl groups is 1. The quantitative estimate of drug-likeness (QED) is 0.646. The fourth-order valence-electron chi connectivity index (χ4n) is 1.44. The van der Waals surface area contributed by atoms with Crippen LogP contribution in [-0.4, -0.2) is 22.6 Å². The van der Waals surface area contributed by atoms with Crippen LogP contribution >= 0.6 is 0 Å². The molecular weight excluding hydrogens is 194 g/mol. The normalized spacial score (nSPS) is 14.7. The zero-order valence-electron chi connectivity index (χ0n) is 8.77. The van der Waals surface area contributed by atoms with Gasteiger partial charge in [-0.2, -0.15) is 0 Å². The van der Waals surface area contributed by atoms with E-state index >= 15 is 0 Å². The molecule has 0 spiro atoms. The first-order valence-corrected chi connectivity index (χ1v) is 4.69. The maximum atomic E-state index is 10.7. The molecule has 0 aromatic heterocycles. The summed E-state index contributed by atoms with van der Waals surface area (Å²) in [6, 6.07) is 2.55. The Labute approximate surface area is 88.3 Å². The number of rotatable bonds is 3. The summed E-state index contributed by atoms with van der Waals surface area (Å²) < 4.78 is 0. The summed E-state index contributed by atoms with van der Waals surface area (Å²) in [5.74, 6) is -0.149. The van der Waals surface area contributed by atoms with Gasteiger partial charge < -0.3 is 15.9 Å². The highest BCUT2D eigenvalue weighted by atomic mass is 16.3. The third-order valence-corrected chi connectivity index (χ3v) is 2.32. The van der Waals surface area contributed by atoms with E-state index in [4.69, 9.17) is 5.73 Å². The van der Waals surface area contributed by atoms with Crippen molar-refractivity contribution >= 4 is 6.29 Å². The number of phenolic OH excluding ortho intramolecular Hbond substituents is 1. The van der Waals surface area contributed by atoms with E-state index in [1.54, 1.807) is 19.1 Å². The molecule has 0 unspecified atom stereocenters. The Balaban J connectivity index is 3.28. The first-order chi connectivity index (χ1) is 6.97. The Morgan fingerprint density at radius 1 is 1.47 bits per heavy atom. The maximum absolute atomic E-state index is 10.7. The molecule has 0 fully saturated rings. The van der Waals surface area contributed by atoms with Crippen molar-refractivity contribution in [1.29, 1.82) is 0 Å². The van der Waals surface area contributed by atoms with Gasteiger partial charge in [0.05, 0.1) is 17.7 Å². The van der Waals surface area contributed by atoms with E-state index in [0.717, 1.165) is 5.56 Å².